The van der Waals surface area contributed by atoms with Crippen molar-refractivity contribution in [2.45, 2.75) is 36.9 Å². The van der Waals surface area contributed by atoms with E-state index in [1.165, 1.54) is 0 Å². The monoisotopic (exact) mass is 257 g/mol. The normalized spacial score (nSPS) is 27.2. The Hall–Kier alpha value is -1.11. The van der Waals surface area contributed by atoms with Crippen LogP contribution in [-0.4, -0.2) is 36.2 Å². The Kier molecular flexibility index (Phi) is 2.57. The van der Waals surface area contributed by atoms with Gasteiger partial charge in [-0.05, 0) is 25.7 Å². The molecular weight excluding hydrogens is 242 g/mol. The van der Waals surface area contributed by atoms with Gasteiger partial charge in [-0.1, -0.05) is 5.10 Å². The van der Waals surface area contributed by atoms with Gasteiger partial charge in [0.05, 0.1) is 11.0 Å². The zero-order valence-corrected chi connectivity index (χ0v) is 10.2. The fourth-order valence-electron chi connectivity index (χ4n) is 2.09. The molecule has 6 nitrogen and oxygen atoms in total. The molecule has 2 aliphatic rings. The Morgan fingerprint density at radius 3 is 2.76 bits per heavy atom. The first-order chi connectivity index (χ1) is 8.15. The number of rotatable bonds is 4. The summed E-state index contributed by atoms with van der Waals surface area (Å²) in [5.74, 6) is 1.39. The molecule has 1 N–H and O–H groups in total. The van der Waals surface area contributed by atoms with Gasteiger partial charge in [0.15, 0.2) is 9.84 Å². The summed E-state index contributed by atoms with van der Waals surface area (Å²) in [6.07, 6.45) is 3.70. The van der Waals surface area contributed by atoms with Crippen LogP contribution in [0.4, 0.5) is 6.01 Å². The van der Waals surface area contributed by atoms with Crippen molar-refractivity contribution in [2.75, 3.05) is 17.6 Å². The highest BCUT2D eigenvalue weighted by atomic mass is 32.2. The Balaban J connectivity index is 1.59. The summed E-state index contributed by atoms with van der Waals surface area (Å²) in [6.45, 7) is 0.370. The first kappa shape index (κ1) is 11.0. The van der Waals surface area contributed by atoms with Gasteiger partial charge in [-0.25, -0.2) is 8.42 Å². The van der Waals surface area contributed by atoms with Crippen molar-refractivity contribution < 1.29 is 12.8 Å². The van der Waals surface area contributed by atoms with Crippen molar-refractivity contribution in [1.82, 2.24) is 10.2 Å². The van der Waals surface area contributed by atoms with Crippen LogP contribution >= 0.6 is 0 Å². The highest BCUT2D eigenvalue weighted by Crippen LogP contribution is 2.39. The molecule has 1 aliphatic carbocycles. The van der Waals surface area contributed by atoms with Gasteiger partial charge < -0.3 is 9.73 Å². The SMILES string of the molecule is O=S1(=O)CCCC1CNc1nnc(C2CC2)o1. The lowest BCUT2D eigenvalue weighted by atomic mass is 10.2. The van der Waals surface area contributed by atoms with Crippen LogP contribution in [0.1, 0.15) is 37.5 Å². The second kappa shape index (κ2) is 3.97. The van der Waals surface area contributed by atoms with E-state index >= 15 is 0 Å². The van der Waals surface area contributed by atoms with Gasteiger partial charge in [0, 0.05) is 12.5 Å². The predicted octanol–water partition coefficient (Wildman–Crippen LogP) is 0.936. The molecule has 3 rings (SSSR count). The summed E-state index contributed by atoms with van der Waals surface area (Å²) in [7, 11) is -2.91. The van der Waals surface area contributed by atoms with Gasteiger partial charge in [-0.3, -0.25) is 0 Å². The number of nitrogens with one attached hydrogen (secondary N) is 1. The third-order valence-electron chi connectivity index (χ3n) is 3.31. The fourth-order valence-corrected chi connectivity index (χ4v) is 3.86. The molecule has 0 radical (unpaired) electrons. The third kappa shape index (κ3) is 2.29. The van der Waals surface area contributed by atoms with Gasteiger partial charge in [0.2, 0.25) is 5.89 Å². The summed E-state index contributed by atoms with van der Waals surface area (Å²) < 4.78 is 28.6. The Morgan fingerprint density at radius 2 is 2.12 bits per heavy atom. The van der Waals surface area contributed by atoms with E-state index < -0.39 is 9.84 Å². The highest BCUT2D eigenvalue weighted by Gasteiger charge is 2.32. The van der Waals surface area contributed by atoms with Crippen LogP contribution in [-0.2, 0) is 9.84 Å². The van der Waals surface area contributed by atoms with E-state index in [0.717, 1.165) is 25.7 Å². The second-order valence-corrected chi connectivity index (χ2v) is 7.13. The van der Waals surface area contributed by atoms with Gasteiger partial charge >= 0.3 is 6.01 Å². The van der Waals surface area contributed by atoms with Crippen LogP contribution in [0.15, 0.2) is 4.42 Å². The van der Waals surface area contributed by atoms with Crippen molar-refractivity contribution in [3.63, 3.8) is 0 Å². The van der Waals surface area contributed by atoms with Crippen molar-refractivity contribution in [3.8, 4) is 0 Å². The Bertz CT molecular complexity index is 507. The smallest absolute Gasteiger partial charge is 0.315 e. The van der Waals surface area contributed by atoms with Gasteiger partial charge in [-0.15, -0.1) is 5.10 Å². The topological polar surface area (TPSA) is 85.1 Å². The van der Waals surface area contributed by atoms with Crippen LogP contribution in [0.3, 0.4) is 0 Å². The molecule has 1 saturated heterocycles. The van der Waals surface area contributed by atoms with Crippen molar-refractivity contribution in [3.05, 3.63) is 5.89 Å². The lowest BCUT2D eigenvalue weighted by molar-refractivity contribution is 0.506. The van der Waals surface area contributed by atoms with Crippen LogP contribution in [0.2, 0.25) is 0 Å². The summed E-state index contributed by atoms with van der Waals surface area (Å²) >= 11 is 0. The van der Waals surface area contributed by atoms with Crippen molar-refractivity contribution >= 4 is 15.9 Å². The molecule has 0 spiro atoms. The molecule has 1 aromatic heterocycles. The van der Waals surface area contributed by atoms with Crippen molar-refractivity contribution in [1.29, 1.82) is 0 Å². The van der Waals surface area contributed by atoms with Crippen molar-refractivity contribution in [2.24, 2.45) is 0 Å². The molecule has 17 heavy (non-hydrogen) atoms. The first-order valence-corrected chi connectivity index (χ1v) is 7.65. The third-order valence-corrected chi connectivity index (χ3v) is 5.59. The number of anilines is 1. The Morgan fingerprint density at radius 1 is 1.29 bits per heavy atom. The van der Waals surface area contributed by atoms with Crippen LogP contribution < -0.4 is 5.32 Å². The largest absolute Gasteiger partial charge is 0.408 e. The number of sulfone groups is 1. The molecule has 0 bridgehead atoms. The second-order valence-electron chi connectivity index (χ2n) is 4.73. The number of aromatic nitrogens is 2. The number of nitrogens with zero attached hydrogens (tertiary/aromatic N) is 2. The lowest BCUT2D eigenvalue weighted by Crippen LogP contribution is -2.25. The van der Waals surface area contributed by atoms with Crippen LogP contribution in [0.25, 0.3) is 0 Å². The molecule has 2 fully saturated rings. The molecule has 7 heteroatoms. The van der Waals surface area contributed by atoms with E-state index in [4.69, 9.17) is 4.42 Å². The maximum Gasteiger partial charge on any atom is 0.315 e. The minimum Gasteiger partial charge on any atom is -0.408 e. The van der Waals surface area contributed by atoms with E-state index in [2.05, 4.69) is 15.5 Å². The van der Waals surface area contributed by atoms with Crippen LogP contribution in [0.5, 0.6) is 0 Å². The van der Waals surface area contributed by atoms with Gasteiger partial charge in [-0.2, -0.15) is 0 Å². The summed E-state index contributed by atoms with van der Waals surface area (Å²) in [6, 6.07) is 0.342. The maximum absolute atomic E-state index is 11.6. The zero-order valence-electron chi connectivity index (χ0n) is 9.42. The van der Waals surface area contributed by atoms with E-state index in [1.807, 2.05) is 0 Å². The fraction of sp³-hybridized carbons (Fsp3) is 0.800. The molecule has 94 valence electrons. The molecule has 1 aromatic rings. The van der Waals surface area contributed by atoms with Gasteiger partial charge in [0.25, 0.3) is 0 Å². The standard InChI is InChI=1S/C10H15N3O3S/c14-17(15)5-1-2-8(17)6-11-10-13-12-9(16-10)7-3-4-7/h7-8H,1-6H2,(H,11,13). The van der Waals surface area contributed by atoms with E-state index in [1.54, 1.807) is 0 Å². The van der Waals surface area contributed by atoms with Crippen LogP contribution in [0, 0.1) is 0 Å². The minimum atomic E-state index is -2.91. The molecular formula is C10H15N3O3S. The highest BCUT2D eigenvalue weighted by molar-refractivity contribution is 7.92. The molecule has 0 amide bonds. The van der Waals surface area contributed by atoms with Gasteiger partial charge in [0.1, 0.15) is 0 Å². The molecule has 1 aliphatic heterocycles. The summed E-state index contributed by atoms with van der Waals surface area (Å²) in [5.41, 5.74) is 0. The average Bonchev–Trinajstić information content (AvgIpc) is 2.93. The van der Waals surface area contributed by atoms with E-state index in [-0.39, 0.29) is 5.25 Å². The predicted molar refractivity (Wildman–Crippen MR) is 61.6 cm³/mol. The molecule has 1 saturated carbocycles. The summed E-state index contributed by atoms with van der Waals surface area (Å²) in [4.78, 5) is 0. The molecule has 2 heterocycles. The lowest BCUT2D eigenvalue weighted by Gasteiger charge is -2.08. The Labute approximate surface area is 99.7 Å². The van der Waals surface area contributed by atoms with E-state index in [0.29, 0.717) is 30.1 Å². The minimum absolute atomic E-state index is 0.302. The average molecular weight is 257 g/mol. The zero-order chi connectivity index (χ0) is 11.9. The molecule has 1 atom stereocenters. The quantitative estimate of drug-likeness (QED) is 0.864. The first-order valence-electron chi connectivity index (χ1n) is 5.94. The van der Waals surface area contributed by atoms with E-state index in [9.17, 15) is 8.42 Å². The number of hydrogen-bond acceptors (Lipinski definition) is 6. The molecule has 0 aromatic carbocycles. The maximum atomic E-state index is 11.6. The molecule has 1 unspecified atom stereocenters. The summed E-state index contributed by atoms with van der Waals surface area (Å²) in [5, 5.41) is 10.4. The number of hydrogen-bond donors (Lipinski definition) is 1.